The lowest BCUT2D eigenvalue weighted by atomic mass is 10.2. The Kier molecular flexibility index (Phi) is 4.78. The SMILES string of the molecule is CCCNC(=O)[CH]C1CNCCO1. The van der Waals surface area contributed by atoms with Gasteiger partial charge in [-0.3, -0.25) is 4.79 Å². The monoisotopic (exact) mass is 185 g/mol. The van der Waals surface area contributed by atoms with E-state index in [0.29, 0.717) is 6.61 Å². The summed E-state index contributed by atoms with van der Waals surface area (Å²) >= 11 is 0. The zero-order chi connectivity index (χ0) is 9.52. The van der Waals surface area contributed by atoms with Crippen molar-refractivity contribution in [2.45, 2.75) is 19.4 Å². The Bertz CT molecular complexity index is 156. The van der Waals surface area contributed by atoms with Gasteiger partial charge >= 0.3 is 0 Å². The lowest BCUT2D eigenvalue weighted by molar-refractivity contribution is -0.119. The second kappa shape index (κ2) is 5.94. The van der Waals surface area contributed by atoms with Crippen LogP contribution >= 0.6 is 0 Å². The zero-order valence-corrected chi connectivity index (χ0v) is 8.01. The highest BCUT2D eigenvalue weighted by Gasteiger charge is 2.16. The minimum atomic E-state index is -0.0643. The summed E-state index contributed by atoms with van der Waals surface area (Å²) in [5.41, 5.74) is 0. The van der Waals surface area contributed by atoms with Crippen molar-refractivity contribution < 1.29 is 9.53 Å². The fraction of sp³-hybridized carbons (Fsp3) is 0.778. The van der Waals surface area contributed by atoms with Crippen molar-refractivity contribution in [1.29, 1.82) is 0 Å². The fourth-order valence-electron chi connectivity index (χ4n) is 1.17. The van der Waals surface area contributed by atoms with Gasteiger partial charge in [0.05, 0.1) is 19.1 Å². The van der Waals surface area contributed by atoms with Crippen molar-refractivity contribution in [1.82, 2.24) is 10.6 Å². The number of carbonyl (C=O) groups is 1. The first-order chi connectivity index (χ1) is 6.33. The third-order valence-electron chi connectivity index (χ3n) is 1.84. The summed E-state index contributed by atoms with van der Waals surface area (Å²) in [6.45, 7) is 5.05. The van der Waals surface area contributed by atoms with Gasteiger partial charge in [-0.05, 0) is 6.42 Å². The molecule has 4 heteroatoms. The topological polar surface area (TPSA) is 50.4 Å². The van der Waals surface area contributed by atoms with Gasteiger partial charge in [0.15, 0.2) is 0 Å². The number of morpholine rings is 1. The Morgan fingerprint density at radius 3 is 3.23 bits per heavy atom. The third kappa shape index (κ3) is 4.24. The molecule has 1 aliphatic heterocycles. The van der Waals surface area contributed by atoms with Gasteiger partial charge in [-0.15, -0.1) is 0 Å². The van der Waals surface area contributed by atoms with Crippen molar-refractivity contribution >= 4 is 5.91 Å². The van der Waals surface area contributed by atoms with E-state index in [1.54, 1.807) is 6.42 Å². The highest BCUT2D eigenvalue weighted by molar-refractivity contribution is 5.85. The quantitative estimate of drug-likeness (QED) is 0.632. The van der Waals surface area contributed by atoms with Crippen molar-refractivity contribution in [3.05, 3.63) is 6.42 Å². The number of rotatable bonds is 4. The predicted molar refractivity (Wildman–Crippen MR) is 50.2 cm³/mol. The normalized spacial score (nSPS) is 22.7. The van der Waals surface area contributed by atoms with Gasteiger partial charge in [0, 0.05) is 19.6 Å². The molecule has 1 unspecified atom stereocenters. The van der Waals surface area contributed by atoms with Crippen molar-refractivity contribution in [2.24, 2.45) is 0 Å². The second-order valence-electron chi connectivity index (χ2n) is 3.07. The number of ether oxygens (including phenoxy) is 1. The maximum absolute atomic E-state index is 11.2. The first-order valence-electron chi connectivity index (χ1n) is 4.78. The molecule has 0 aromatic rings. The number of hydrogen-bond acceptors (Lipinski definition) is 3. The summed E-state index contributed by atoms with van der Waals surface area (Å²) < 4.78 is 5.35. The van der Waals surface area contributed by atoms with Crippen LogP contribution in [0.5, 0.6) is 0 Å². The largest absolute Gasteiger partial charge is 0.375 e. The molecule has 1 fully saturated rings. The first-order valence-corrected chi connectivity index (χ1v) is 4.78. The predicted octanol–water partition coefficient (Wildman–Crippen LogP) is -0.295. The molecule has 0 saturated carbocycles. The Morgan fingerprint density at radius 1 is 1.77 bits per heavy atom. The molecular weight excluding hydrogens is 168 g/mol. The van der Waals surface area contributed by atoms with Crippen LogP contribution in [0.4, 0.5) is 0 Å². The molecule has 4 nitrogen and oxygen atoms in total. The molecule has 1 aliphatic rings. The molecule has 1 amide bonds. The summed E-state index contributed by atoms with van der Waals surface area (Å²) in [4.78, 5) is 11.2. The van der Waals surface area contributed by atoms with Crippen molar-refractivity contribution in [3.63, 3.8) is 0 Å². The summed E-state index contributed by atoms with van der Waals surface area (Å²) in [7, 11) is 0. The minimum absolute atomic E-state index is 0.0319. The van der Waals surface area contributed by atoms with Crippen LogP contribution in [0.1, 0.15) is 13.3 Å². The summed E-state index contributed by atoms with van der Waals surface area (Å²) in [5.74, 6) is -0.0319. The number of carbonyl (C=O) groups excluding carboxylic acids is 1. The van der Waals surface area contributed by atoms with Crippen molar-refractivity contribution in [3.8, 4) is 0 Å². The standard InChI is InChI=1S/C9H17N2O2/c1-2-3-11-9(12)6-8-7-10-4-5-13-8/h6,8,10H,2-5,7H2,1H3,(H,11,12). The van der Waals surface area contributed by atoms with E-state index >= 15 is 0 Å². The molecule has 1 atom stereocenters. The maximum atomic E-state index is 11.2. The molecule has 0 aliphatic carbocycles. The van der Waals surface area contributed by atoms with Gasteiger partial charge in [0.2, 0.25) is 5.91 Å². The lowest BCUT2D eigenvalue weighted by Gasteiger charge is -2.22. The molecule has 1 rings (SSSR count). The number of nitrogens with one attached hydrogen (secondary N) is 2. The fourth-order valence-corrected chi connectivity index (χ4v) is 1.17. The molecule has 13 heavy (non-hydrogen) atoms. The van der Waals surface area contributed by atoms with Gasteiger partial charge in [-0.2, -0.15) is 0 Å². The molecule has 0 bridgehead atoms. The van der Waals surface area contributed by atoms with Crippen molar-refractivity contribution in [2.75, 3.05) is 26.2 Å². The maximum Gasteiger partial charge on any atom is 0.226 e. The van der Waals surface area contributed by atoms with Crippen LogP contribution in [0.2, 0.25) is 0 Å². The van der Waals surface area contributed by atoms with Crippen LogP contribution in [0.25, 0.3) is 0 Å². The van der Waals surface area contributed by atoms with E-state index in [1.807, 2.05) is 6.92 Å². The van der Waals surface area contributed by atoms with E-state index in [0.717, 1.165) is 26.1 Å². The molecular formula is C9H17N2O2. The molecule has 1 heterocycles. The molecule has 0 spiro atoms. The average Bonchev–Trinajstić information content (AvgIpc) is 2.16. The molecule has 1 saturated heterocycles. The van der Waals surface area contributed by atoms with Gasteiger partial charge in [-0.1, -0.05) is 6.92 Å². The van der Waals surface area contributed by atoms with E-state index in [2.05, 4.69) is 10.6 Å². The molecule has 0 aromatic carbocycles. The van der Waals surface area contributed by atoms with Crippen LogP contribution in [0.15, 0.2) is 0 Å². The number of hydrogen-bond donors (Lipinski definition) is 2. The van der Waals surface area contributed by atoms with E-state index in [1.165, 1.54) is 0 Å². The highest BCUT2D eigenvalue weighted by Crippen LogP contribution is 1.99. The Morgan fingerprint density at radius 2 is 2.62 bits per heavy atom. The molecule has 0 aromatic heterocycles. The van der Waals surface area contributed by atoms with Gasteiger partial charge in [-0.25, -0.2) is 0 Å². The van der Waals surface area contributed by atoms with Gasteiger partial charge < -0.3 is 15.4 Å². The second-order valence-corrected chi connectivity index (χ2v) is 3.07. The first kappa shape index (κ1) is 10.5. The summed E-state index contributed by atoms with van der Waals surface area (Å²) in [6.07, 6.45) is 2.50. The highest BCUT2D eigenvalue weighted by atomic mass is 16.5. The van der Waals surface area contributed by atoms with Crippen LogP contribution in [0.3, 0.4) is 0 Å². The average molecular weight is 185 g/mol. The van der Waals surface area contributed by atoms with Crippen LogP contribution in [-0.4, -0.2) is 38.3 Å². The number of amides is 1. The molecule has 75 valence electrons. The smallest absolute Gasteiger partial charge is 0.226 e. The van der Waals surface area contributed by atoms with E-state index in [9.17, 15) is 4.79 Å². The molecule has 2 N–H and O–H groups in total. The van der Waals surface area contributed by atoms with Crippen LogP contribution in [0, 0.1) is 6.42 Å². The van der Waals surface area contributed by atoms with E-state index in [4.69, 9.17) is 4.74 Å². The van der Waals surface area contributed by atoms with Crippen LogP contribution in [-0.2, 0) is 9.53 Å². The summed E-state index contributed by atoms with van der Waals surface area (Å²) in [5, 5.41) is 5.94. The van der Waals surface area contributed by atoms with E-state index < -0.39 is 0 Å². The Balaban J connectivity index is 2.11. The molecule has 1 radical (unpaired) electrons. The van der Waals surface area contributed by atoms with Gasteiger partial charge in [0.25, 0.3) is 0 Å². The minimum Gasteiger partial charge on any atom is -0.375 e. The lowest BCUT2D eigenvalue weighted by Crippen LogP contribution is -2.42. The van der Waals surface area contributed by atoms with Gasteiger partial charge in [0.1, 0.15) is 0 Å². The Labute approximate surface area is 79.0 Å². The third-order valence-corrected chi connectivity index (χ3v) is 1.84. The van der Waals surface area contributed by atoms with E-state index in [-0.39, 0.29) is 12.0 Å². The van der Waals surface area contributed by atoms with Crippen LogP contribution < -0.4 is 10.6 Å². The Hall–Kier alpha value is -0.610. The zero-order valence-electron chi connectivity index (χ0n) is 8.01. The summed E-state index contributed by atoms with van der Waals surface area (Å²) in [6, 6.07) is 0.